The van der Waals surface area contributed by atoms with Gasteiger partial charge in [0.25, 0.3) is 0 Å². The van der Waals surface area contributed by atoms with Gasteiger partial charge in [-0.2, -0.15) is 0 Å². The van der Waals surface area contributed by atoms with E-state index in [2.05, 4.69) is 81.4 Å². The first-order chi connectivity index (χ1) is 18.5. The third-order valence-electron chi connectivity index (χ3n) is 6.94. The molecule has 1 aliphatic carbocycles. The Morgan fingerprint density at radius 3 is 2.17 bits per heavy atom. The van der Waals surface area contributed by atoms with E-state index in [9.17, 15) is 9.90 Å². The Bertz CT molecular complexity index is 1530. The van der Waals surface area contributed by atoms with Crippen LogP contribution in [-0.2, 0) is 24.9 Å². The third kappa shape index (κ3) is 7.16. The minimum absolute atomic E-state index is 0. The van der Waals surface area contributed by atoms with E-state index in [-0.39, 0.29) is 31.6 Å². The van der Waals surface area contributed by atoms with E-state index in [1.54, 1.807) is 0 Å². The van der Waals surface area contributed by atoms with Crippen molar-refractivity contribution in [2.45, 2.75) is 67.2 Å². The summed E-state index contributed by atoms with van der Waals surface area (Å²) in [6.07, 6.45) is 4.39. The number of aliphatic hydroxyl groups excluding tert-OH is 1. The average molecular weight is 711 g/mol. The summed E-state index contributed by atoms with van der Waals surface area (Å²) >= 11 is 0. The summed E-state index contributed by atoms with van der Waals surface area (Å²) in [5, 5.41) is 11.8. The SMILES string of the molecule is CC(C)CC(=O)/C=C(\O)CC(C)C.Cc1cc2c3c(nccc3c1)-c1[c-]cc(C(C)C)cc1-c1ccccc1-2.[Ir]. The van der Waals surface area contributed by atoms with E-state index in [1.165, 1.54) is 50.2 Å². The minimum Gasteiger partial charge on any atom is -0.512 e. The molecule has 1 heterocycles. The molecule has 1 aliphatic rings. The molecule has 0 spiro atoms. The molecular weight excluding hydrogens is 671 g/mol. The molecule has 0 unspecified atom stereocenters. The van der Waals surface area contributed by atoms with Crippen LogP contribution >= 0.6 is 0 Å². The molecule has 1 aromatic heterocycles. The predicted molar refractivity (Wildman–Crippen MR) is 164 cm³/mol. The molecule has 0 aliphatic heterocycles. The predicted octanol–water partition coefficient (Wildman–Crippen LogP) is 9.87. The number of hydrogen-bond acceptors (Lipinski definition) is 3. The normalized spacial score (nSPS) is 11.9. The van der Waals surface area contributed by atoms with Gasteiger partial charge in [0.15, 0.2) is 5.78 Å². The summed E-state index contributed by atoms with van der Waals surface area (Å²) in [4.78, 5) is 16.0. The summed E-state index contributed by atoms with van der Waals surface area (Å²) in [6.45, 7) is 14.6. The van der Waals surface area contributed by atoms with Crippen LogP contribution in [-0.4, -0.2) is 15.9 Å². The first kappa shape index (κ1) is 31.5. The van der Waals surface area contributed by atoms with Crippen LogP contribution in [0.15, 0.2) is 72.6 Å². The van der Waals surface area contributed by atoms with Crippen molar-refractivity contribution in [3.8, 4) is 33.5 Å². The number of carbonyl (C=O) groups excluding carboxylic acids is 1. The fourth-order valence-electron chi connectivity index (χ4n) is 5.20. The summed E-state index contributed by atoms with van der Waals surface area (Å²) in [5.41, 5.74) is 9.80. The van der Waals surface area contributed by atoms with Gasteiger partial charge in [-0.05, 0) is 58.0 Å². The van der Waals surface area contributed by atoms with Crippen molar-refractivity contribution < 1.29 is 30.0 Å². The Morgan fingerprint density at radius 1 is 0.900 bits per heavy atom. The van der Waals surface area contributed by atoms with Crippen LogP contribution in [0, 0.1) is 24.8 Å². The van der Waals surface area contributed by atoms with Gasteiger partial charge in [0, 0.05) is 45.2 Å². The number of aromatic nitrogens is 1. The number of rotatable bonds is 6. The number of ketones is 1. The van der Waals surface area contributed by atoms with Crippen LogP contribution in [0.4, 0.5) is 0 Å². The molecule has 1 N–H and O–H groups in total. The smallest absolute Gasteiger partial charge is 0.159 e. The molecule has 1 radical (unpaired) electrons. The first-order valence-corrected chi connectivity index (χ1v) is 14.0. The van der Waals surface area contributed by atoms with Crippen LogP contribution in [0.2, 0.25) is 0 Å². The number of allylic oxidation sites excluding steroid dienone is 2. The van der Waals surface area contributed by atoms with Crippen LogP contribution < -0.4 is 0 Å². The number of aryl methyl sites for hydroxylation is 1. The van der Waals surface area contributed by atoms with E-state index >= 15 is 0 Å². The van der Waals surface area contributed by atoms with Gasteiger partial charge in [0.1, 0.15) is 0 Å². The number of carbonyl (C=O) groups is 1. The maximum absolute atomic E-state index is 11.2. The van der Waals surface area contributed by atoms with Gasteiger partial charge < -0.3 is 10.1 Å². The van der Waals surface area contributed by atoms with E-state index in [4.69, 9.17) is 4.98 Å². The number of fused-ring (bicyclic) bond motifs is 5. The standard InChI is InChI=1S/C25H20N.C11H20O2.Ir/c1-15(2)17-8-9-21-22(14-17)19-6-4-5-7-20(19)23-13-16(3)12-18-10-11-26-25(21)24(18)23;1-8(2)5-10(12)7-11(13)6-9(3)4;/h4-8,10-15H,1-3H3;7-9,12H,5-6H2,1-4H3;/q-1;;/b;10-7-;. The zero-order valence-corrected chi connectivity index (χ0v) is 27.0. The van der Waals surface area contributed by atoms with E-state index in [0.717, 1.165) is 11.3 Å². The molecule has 5 rings (SSSR count). The molecule has 0 bridgehead atoms. The van der Waals surface area contributed by atoms with Gasteiger partial charge in [-0.25, -0.2) is 0 Å². The Labute approximate surface area is 253 Å². The van der Waals surface area contributed by atoms with Crippen LogP contribution in [0.25, 0.3) is 44.3 Å². The number of pyridine rings is 1. The van der Waals surface area contributed by atoms with E-state index in [1.807, 2.05) is 33.9 Å². The molecule has 0 fully saturated rings. The second-order valence-electron chi connectivity index (χ2n) is 11.8. The topological polar surface area (TPSA) is 50.2 Å². The molecule has 0 atom stereocenters. The number of nitrogens with zero attached hydrogens (tertiary/aromatic N) is 1. The monoisotopic (exact) mass is 711 g/mol. The molecule has 0 saturated heterocycles. The van der Waals surface area contributed by atoms with Crippen LogP contribution in [0.3, 0.4) is 0 Å². The number of benzene rings is 3. The molecule has 4 heteroatoms. The van der Waals surface area contributed by atoms with E-state index in [0.29, 0.717) is 30.6 Å². The van der Waals surface area contributed by atoms with Gasteiger partial charge in [0.2, 0.25) is 0 Å². The third-order valence-corrected chi connectivity index (χ3v) is 6.94. The molecule has 40 heavy (non-hydrogen) atoms. The van der Waals surface area contributed by atoms with Crippen LogP contribution in [0.1, 0.15) is 71.4 Å². The summed E-state index contributed by atoms with van der Waals surface area (Å²) < 4.78 is 0. The van der Waals surface area contributed by atoms with Crippen molar-refractivity contribution in [1.29, 1.82) is 0 Å². The van der Waals surface area contributed by atoms with Crippen molar-refractivity contribution in [2.75, 3.05) is 0 Å². The molecule has 211 valence electrons. The molecular formula is C36H40IrNO2-. The van der Waals surface area contributed by atoms with Crippen molar-refractivity contribution in [3.05, 3.63) is 89.8 Å². The van der Waals surface area contributed by atoms with Gasteiger partial charge in [-0.3, -0.25) is 4.79 Å². The molecule has 0 saturated carbocycles. The minimum atomic E-state index is 0. The second kappa shape index (κ2) is 13.5. The Hall–Kier alpha value is -3.07. The van der Waals surface area contributed by atoms with Crippen LogP contribution in [0.5, 0.6) is 0 Å². The van der Waals surface area contributed by atoms with E-state index < -0.39 is 0 Å². The molecule has 3 aromatic carbocycles. The van der Waals surface area contributed by atoms with Crippen molar-refractivity contribution in [2.24, 2.45) is 11.8 Å². The Morgan fingerprint density at radius 2 is 1.55 bits per heavy atom. The second-order valence-corrected chi connectivity index (χ2v) is 11.8. The van der Waals surface area contributed by atoms with Crippen molar-refractivity contribution >= 4 is 16.6 Å². The van der Waals surface area contributed by atoms with Gasteiger partial charge in [-0.1, -0.05) is 95.0 Å². The summed E-state index contributed by atoms with van der Waals surface area (Å²) in [7, 11) is 0. The Balaban J connectivity index is 0.000000272. The fourth-order valence-corrected chi connectivity index (χ4v) is 5.20. The quantitative estimate of drug-likeness (QED) is 0.108. The molecule has 4 aromatic rings. The Kier molecular flexibility index (Phi) is 10.6. The molecule has 3 nitrogen and oxygen atoms in total. The maximum atomic E-state index is 11.2. The number of hydrogen-bond donors (Lipinski definition) is 1. The zero-order chi connectivity index (χ0) is 28.3. The largest absolute Gasteiger partial charge is 0.512 e. The van der Waals surface area contributed by atoms with Gasteiger partial charge in [0.05, 0.1) is 5.76 Å². The fraction of sp³-hybridized carbons (Fsp3) is 0.333. The van der Waals surface area contributed by atoms with Gasteiger partial charge in [-0.15, -0.1) is 29.3 Å². The number of aliphatic hydroxyl groups is 1. The maximum Gasteiger partial charge on any atom is 0.159 e. The van der Waals surface area contributed by atoms with Crippen molar-refractivity contribution in [1.82, 2.24) is 4.98 Å². The first-order valence-electron chi connectivity index (χ1n) is 14.0. The summed E-state index contributed by atoms with van der Waals surface area (Å²) in [6, 6.07) is 23.4. The molecule has 0 amide bonds. The zero-order valence-electron chi connectivity index (χ0n) is 24.6. The van der Waals surface area contributed by atoms with Crippen molar-refractivity contribution in [3.63, 3.8) is 0 Å². The average Bonchev–Trinajstić information content (AvgIpc) is 2.97. The van der Waals surface area contributed by atoms with Gasteiger partial charge >= 0.3 is 0 Å². The summed E-state index contributed by atoms with van der Waals surface area (Å²) in [5.74, 6) is 1.45.